The summed E-state index contributed by atoms with van der Waals surface area (Å²) in [5.74, 6) is -2.21. The average molecular weight is 344 g/mol. The van der Waals surface area contributed by atoms with Crippen LogP contribution in [0.5, 0.6) is 0 Å². The SMILES string of the molecule is CC(C)n1ncc2c1NC(=O)C([N+](=O)[O-])C2c1ccc(C(=O)O)cc1. The molecule has 25 heavy (non-hydrogen) atoms. The maximum absolute atomic E-state index is 12.3. The number of amides is 1. The molecule has 0 fully saturated rings. The van der Waals surface area contributed by atoms with Gasteiger partial charge in [-0.3, -0.25) is 14.9 Å². The van der Waals surface area contributed by atoms with Gasteiger partial charge < -0.3 is 10.4 Å². The molecule has 0 saturated heterocycles. The molecule has 2 unspecified atom stereocenters. The first-order chi connectivity index (χ1) is 11.8. The Kier molecular flexibility index (Phi) is 3.99. The van der Waals surface area contributed by atoms with E-state index in [2.05, 4.69) is 10.4 Å². The summed E-state index contributed by atoms with van der Waals surface area (Å²) in [7, 11) is 0. The number of rotatable bonds is 4. The molecule has 1 aromatic carbocycles. The van der Waals surface area contributed by atoms with Crippen molar-refractivity contribution in [2.75, 3.05) is 5.32 Å². The smallest absolute Gasteiger partial charge is 0.335 e. The van der Waals surface area contributed by atoms with E-state index in [4.69, 9.17) is 5.11 Å². The highest BCUT2D eigenvalue weighted by Gasteiger charge is 2.47. The molecule has 130 valence electrons. The molecule has 0 saturated carbocycles. The third-order valence-corrected chi connectivity index (χ3v) is 4.22. The van der Waals surface area contributed by atoms with Gasteiger partial charge in [-0.15, -0.1) is 0 Å². The van der Waals surface area contributed by atoms with Crippen LogP contribution >= 0.6 is 0 Å². The minimum atomic E-state index is -1.51. The first-order valence-electron chi connectivity index (χ1n) is 7.66. The van der Waals surface area contributed by atoms with Crippen LogP contribution in [0.25, 0.3) is 0 Å². The van der Waals surface area contributed by atoms with Gasteiger partial charge in [-0.05, 0) is 31.5 Å². The number of hydrogen-bond donors (Lipinski definition) is 2. The molecule has 0 aliphatic carbocycles. The van der Waals surface area contributed by atoms with Crippen LogP contribution in [0.3, 0.4) is 0 Å². The zero-order valence-electron chi connectivity index (χ0n) is 13.5. The number of aromatic nitrogens is 2. The number of carboxylic acid groups (broad SMARTS) is 1. The van der Waals surface area contributed by atoms with E-state index in [1.807, 2.05) is 13.8 Å². The lowest BCUT2D eigenvalue weighted by Crippen LogP contribution is -2.44. The summed E-state index contributed by atoms with van der Waals surface area (Å²) in [6, 6.07) is 4.19. The van der Waals surface area contributed by atoms with Crippen molar-refractivity contribution in [2.45, 2.75) is 31.8 Å². The molecule has 0 radical (unpaired) electrons. The second kappa shape index (κ2) is 6.00. The Morgan fingerprint density at radius 1 is 1.36 bits per heavy atom. The molecular weight excluding hydrogens is 328 g/mol. The summed E-state index contributed by atoms with van der Waals surface area (Å²) in [6.45, 7) is 3.77. The van der Waals surface area contributed by atoms with Crippen molar-refractivity contribution in [3.63, 3.8) is 0 Å². The molecule has 2 atom stereocenters. The maximum atomic E-state index is 12.3. The minimum absolute atomic E-state index is 0.0359. The van der Waals surface area contributed by atoms with Crippen molar-refractivity contribution in [3.05, 3.63) is 57.3 Å². The molecule has 2 aromatic rings. The van der Waals surface area contributed by atoms with E-state index in [9.17, 15) is 19.7 Å². The van der Waals surface area contributed by atoms with Crippen molar-refractivity contribution in [3.8, 4) is 0 Å². The normalized spacial score (nSPS) is 19.4. The Balaban J connectivity index is 2.15. The predicted octanol–water partition coefficient (Wildman–Crippen LogP) is 1.89. The van der Waals surface area contributed by atoms with Crippen molar-refractivity contribution >= 4 is 17.7 Å². The van der Waals surface area contributed by atoms with Gasteiger partial charge in [-0.1, -0.05) is 12.1 Å². The van der Waals surface area contributed by atoms with Crippen LogP contribution in [0.4, 0.5) is 5.82 Å². The molecule has 1 aromatic heterocycles. The van der Waals surface area contributed by atoms with E-state index in [0.29, 0.717) is 16.9 Å². The Morgan fingerprint density at radius 3 is 2.52 bits per heavy atom. The monoisotopic (exact) mass is 344 g/mol. The van der Waals surface area contributed by atoms with Gasteiger partial charge in [-0.2, -0.15) is 5.10 Å². The van der Waals surface area contributed by atoms with E-state index < -0.39 is 28.8 Å². The van der Waals surface area contributed by atoms with Gasteiger partial charge in [0.2, 0.25) is 0 Å². The maximum Gasteiger partial charge on any atom is 0.335 e. The zero-order valence-corrected chi connectivity index (χ0v) is 13.5. The van der Waals surface area contributed by atoms with Crippen molar-refractivity contribution in [1.82, 2.24) is 9.78 Å². The standard InChI is InChI=1S/C16H16N4O5/c1-8(2)19-14-11(7-17-19)12(13(20(24)25)15(21)18-14)9-3-5-10(6-4-9)16(22)23/h3-8,12-13H,1-2H3,(H,18,21)(H,22,23). The largest absolute Gasteiger partial charge is 0.478 e. The number of aromatic carboxylic acids is 1. The topological polar surface area (TPSA) is 127 Å². The number of hydrogen-bond acceptors (Lipinski definition) is 5. The van der Waals surface area contributed by atoms with Gasteiger partial charge in [0, 0.05) is 16.5 Å². The van der Waals surface area contributed by atoms with Gasteiger partial charge in [0.05, 0.1) is 17.7 Å². The molecule has 0 bridgehead atoms. The van der Waals surface area contributed by atoms with E-state index >= 15 is 0 Å². The number of nitrogens with zero attached hydrogens (tertiary/aromatic N) is 3. The molecule has 0 spiro atoms. The Hall–Kier alpha value is -3.23. The fourth-order valence-corrected chi connectivity index (χ4v) is 3.05. The summed E-state index contributed by atoms with van der Waals surface area (Å²) in [5, 5.41) is 27.3. The van der Waals surface area contributed by atoms with Crippen molar-refractivity contribution in [1.29, 1.82) is 0 Å². The summed E-state index contributed by atoms with van der Waals surface area (Å²) in [4.78, 5) is 34.2. The lowest BCUT2D eigenvalue weighted by atomic mass is 9.83. The summed E-state index contributed by atoms with van der Waals surface area (Å²) in [5.41, 5.74) is 1.10. The molecule has 9 heteroatoms. The number of nitro groups is 1. The van der Waals surface area contributed by atoms with Gasteiger partial charge in [0.1, 0.15) is 5.82 Å². The number of nitrogens with one attached hydrogen (secondary N) is 1. The molecule has 2 N–H and O–H groups in total. The number of anilines is 1. The first-order valence-corrected chi connectivity index (χ1v) is 7.66. The fraction of sp³-hybridized carbons (Fsp3) is 0.312. The zero-order chi connectivity index (χ0) is 18.3. The molecule has 2 heterocycles. The van der Waals surface area contributed by atoms with Gasteiger partial charge >= 0.3 is 17.9 Å². The van der Waals surface area contributed by atoms with Crippen LogP contribution in [0.15, 0.2) is 30.5 Å². The molecule has 1 aliphatic rings. The van der Waals surface area contributed by atoms with Crippen molar-refractivity contribution in [2.24, 2.45) is 0 Å². The predicted molar refractivity (Wildman–Crippen MR) is 87.3 cm³/mol. The van der Waals surface area contributed by atoms with Crippen LogP contribution in [0.1, 0.15) is 47.3 Å². The molecule has 1 amide bonds. The second-order valence-electron chi connectivity index (χ2n) is 6.11. The number of carbonyl (C=O) groups is 2. The van der Waals surface area contributed by atoms with Crippen LogP contribution in [0.2, 0.25) is 0 Å². The summed E-state index contributed by atoms with van der Waals surface area (Å²) >= 11 is 0. The van der Waals surface area contributed by atoms with Crippen molar-refractivity contribution < 1.29 is 19.6 Å². The second-order valence-corrected chi connectivity index (χ2v) is 6.11. The third kappa shape index (κ3) is 2.73. The van der Waals surface area contributed by atoms with Crippen LogP contribution in [-0.4, -0.2) is 37.7 Å². The molecular formula is C16H16N4O5. The van der Waals surface area contributed by atoms with E-state index in [0.717, 1.165) is 0 Å². The lowest BCUT2D eigenvalue weighted by Gasteiger charge is -2.27. The minimum Gasteiger partial charge on any atom is -0.478 e. The number of carbonyl (C=O) groups excluding carboxylic acids is 1. The van der Waals surface area contributed by atoms with Crippen LogP contribution < -0.4 is 5.32 Å². The summed E-state index contributed by atoms with van der Waals surface area (Å²) < 4.78 is 1.60. The molecule has 3 rings (SSSR count). The number of carboxylic acids is 1. The highest BCUT2D eigenvalue weighted by Crippen LogP contribution is 2.39. The number of fused-ring (bicyclic) bond motifs is 1. The fourth-order valence-electron chi connectivity index (χ4n) is 3.05. The molecule has 9 nitrogen and oxygen atoms in total. The highest BCUT2D eigenvalue weighted by atomic mass is 16.6. The Morgan fingerprint density at radius 2 is 2.00 bits per heavy atom. The first kappa shape index (κ1) is 16.6. The number of benzene rings is 1. The lowest BCUT2D eigenvalue weighted by molar-refractivity contribution is -0.509. The van der Waals surface area contributed by atoms with Crippen LogP contribution in [-0.2, 0) is 4.79 Å². The average Bonchev–Trinajstić information content (AvgIpc) is 2.96. The Bertz CT molecular complexity index is 856. The van der Waals surface area contributed by atoms with E-state index in [1.54, 1.807) is 4.68 Å². The van der Waals surface area contributed by atoms with E-state index in [1.165, 1.54) is 30.5 Å². The van der Waals surface area contributed by atoms with Gasteiger partial charge in [0.25, 0.3) is 0 Å². The van der Waals surface area contributed by atoms with Gasteiger partial charge in [0.15, 0.2) is 0 Å². The van der Waals surface area contributed by atoms with Gasteiger partial charge in [-0.25, -0.2) is 9.48 Å². The highest BCUT2D eigenvalue weighted by molar-refractivity contribution is 5.98. The van der Waals surface area contributed by atoms with E-state index in [-0.39, 0.29) is 11.6 Å². The summed E-state index contributed by atoms with van der Waals surface area (Å²) in [6.07, 6.45) is 1.51. The Labute approximate surface area is 142 Å². The quantitative estimate of drug-likeness (QED) is 0.644. The van der Waals surface area contributed by atoms with Crippen LogP contribution in [0, 0.1) is 10.1 Å². The molecule has 1 aliphatic heterocycles. The third-order valence-electron chi connectivity index (χ3n) is 4.22.